The van der Waals surface area contributed by atoms with E-state index in [-0.39, 0.29) is 5.41 Å². The van der Waals surface area contributed by atoms with Gasteiger partial charge < -0.3 is 0 Å². The van der Waals surface area contributed by atoms with Crippen LogP contribution in [-0.4, -0.2) is 0 Å². The van der Waals surface area contributed by atoms with Crippen LogP contribution < -0.4 is 0 Å². The van der Waals surface area contributed by atoms with Gasteiger partial charge in [0, 0.05) is 0 Å². The Bertz CT molecular complexity index is 932. The summed E-state index contributed by atoms with van der Waals surface area (Å²) in [6.07, 6.45) is 20.5. The van der Waals surface area contributed by atoms with E-state index in [0.717, 1.165) is 43.9 Å². The van der Waals surface area contributed by atoms with Crippen LogP contribution >= 0.6 is 0 Å². The normalized spacial score (nSPS) is 26.4. The Morgan fingerprint density at radius 3 is 1.67 bits per heavy atom. The van der Waals surface area contributed by atoms with Gasteiger partial charge in [0.05, 0.1) is 11.5 Å². The first-order chi connectivity index (χ1) is 17.7. The molecule has 2 aliphatic carbocycles. The minimum absolute atomic E-state index is 0.0539. The van der Waals surface area contributed by atoms with Crippen molar-refractivity contribution in [3.05, 3.63) is 59.7 Å². The SMILES string of the molecule is CCCCC[C@H]1CC[C@H](c2ccc(-c3ccc([C@H]4CC[C@@](C#N)(CCCCC)CC4)cc3)cc2)CC1. The molecule has 1 heteroatoms. The van der Waals surface area contributed by atoms with Crippen molar-refractivity contribution in [3.8, 4) is 17.2 Å². The van der Waals surface area contributed by atoms with Crippen LogP contribution in [0.2, 0.25) is 0 Å². The van der Waals surface area contributed by atoms with Crippen molar-refractivity contribution in [2.24, 2.45) is 11.3 Å². The first-order valence-corrected chi connectivity index (χ1v) is 15.3. The number of benzene rings is 2. The molecule has 0 N–H and O–H groups in total. The lowest BCUT2D eigenvalue weighted by atomic mass is 9.67. The second-order valence-corrected chi connectivity index (χ2v) is 12.1. The maximum absolute atomic E-state index is 9.86. The molecule has 0 unspecified atom stereocenters. The van der Waals surface area contributed by atoms with Crippen LogP contribution in [0.1, 0.15) is 140 Å². The van der Waals surface area contributed by atoms with Gasteiger partial charge in [0.2, 0.25) is 0 Å². The average molecular weight is 484 g/mol. The maximum atomic E-state index is 9.86. The summed E-state index contributed by atoms with van der Waals surface area (Å²) in [6.45, 7) is 4.55. The summed E-state index contributed by atoms with van der Waals surface area (Å²) < 4.78 is 0. The molecule has 2 aromatic carbocycles. The highest BCUT2D eigenvalue weighted by molar-refractivity contribution is 5.64. The van der Waals surface area contributed by atoms with E-state index < -0.39 is 0 Å². The molecule has 0 aliphatic heterocycles. The lowest BCUT2D eigenvalue weighted by Gasteiger charge is -2.35. The zero-order valence-electron chi connectivity index (χ0n) is 23.1. The molecule has 2 aliphatic rings. The van der Waals surface area contributed by atoms with Crippen LogP contribution in [0.3, 0.4) is 0 Å². The smallest absolute Gasteiger partial charge is 0.0689 e. The molecule has 0 radical (unpaired) electrons. The van der Waals surface area contributed by atoms with E-state index in [2.05, 4.69) is 68.4 Å². The second-order valence-electron chi connectivity index (χ2n) is 12.1. The van der Waals surface area contributed by atoms with Crippen molar-refractivity contribution in [2.75, 3.05) is 0 Å². The molecule has 4 rings (SSSR count). The molecule has 2 fully saturated rings. The largest absolute Gasteiger partial charge is 0.198 e. The zero-order chi connectivity index (χ0) is 25.2. The van der Waals surface area contributed by atoms with Crippen molar-refractivity contribution in [1.82, 2.24) is 0 Å². The number of nitrogens with zero attached hydrogens (tertiary/aromatic N) is 1. The lowest BCUT2D eigenvalue weighted by molar-refractivity contribution is 0.223. The van der Waals surface area contributed by atoms with Crippen LogP contribution in [0.25, 0.3) is 11.1 Å². The van der Waals surface area contributed by atoms with Crippen LogP contribution in [-0.2, 0) is 0 Å². The number of unbranched alkanes of at least 4 members (excludes halogenated alkanes) is 4. The Hall–Kier alpha value is -2.07. The van der Waals surface area contributed by atoms with E-state index >= 15 is 0 Å². The summed E-state index contributed by atoms with van der Waals surface area (Å²) in [5, 5.41) is 9.86. The third-order valence-electron chi connectivity index (χ3n) is 9.60. The quantitative estimate of drug-likeness (QED) is 0.291. The molecule has 0 aromatic heterocycles. The van der Waals surface area contributed by atoms with E-state index in [1.54, 1.807) is 5.56 Å². The molecule has 0 amide bonds. The van der Waals surface area contributed by atoms with Crippen LogP contribution in [0.5, 0.6) is 0 Å². The van der Waals surface area contributed by atoms with E-state index in [1.165, 1.54) is 87.3 Å². The monoisotopic (exact) mass is 483 g/mol. The molecule has 0 atom stereocenters. The molecule has 36 heavy (non-hydrogen) atoms. The predicted octanol–water partition coefficient (Wildman–Crippen LogP) is 11.0. The Kier molecular flexibility index (Phi) is 10.1. The Morgan fingerprint density at radius 1 is 0.667 bits per heavy atom. The van der Waals surface area contributed by atoms with Gasteiger partial charge in [-0.2, -0.15) is 5.26 Å². The van der Waals surface area contributed by atoms with E-state index in [9.17, 15) is 5.26 Å². The molecular weight excluding hydrogens is 434 g/mol. The number of nitriles is 1. The summed E-state index contributed by atoms with van der Waals surface area (Å²) in [5.41, 5.74) is 5.62. The van der Waals surface area contributed by atoms with E-state index in [1.807, 2.05) is 0 Å². The Balaban J connectivity index is 1.28. The number of hydrogen-bond acceptors (Lipinski definition) is 1. The zero-order valence-corrected chi connectivity index (χ0v) is 23.1. The topological polar surface area (TPSA) is 23.8 Å². The molecule has 0 saturated heterocycles. The summed E-state index contributed by atoms with van der Waals surface area (Å²) in [7, 11) is 0. The summed E-state index contributed by atoms with van der Waals surface area (Å²) in [4.78, 5) is 0. The molecule has 2 aromatic rings. The third-order valence-corrected chi connectivity index (χ3v) is 9.60. The van der Waals surface area contributed by atoms with Gasteiger partial charge >= 0.3 is 0 Å². The molecular formula is C35H49N. The van der Waals surface area contributed by atoms with E-state index in [4.69, 9.17) is 0 Å². The highest BCUT2D eigenvalue weighted by atomic mass is 14.4. The number of hydrogen-bond donors (Lipinski definition) is 0. The minimum atomic E-state index is -0.0539. The second kappa shape index (κ2) is 13.5. The van der Waals surface area contributed by atoms with Crippen molar-refractivity contribution < 1.29 is 0 Å². The fraction of sp³-hybridized carbons (Fsp3) is 0.629. The van der Waals surface area contributed by atoms with Crippen molar-refractivity contribution in [2.45, 2.75) is 128 Å². The first-order valence-electron chi connectivity index (χ1n) is 15.3. The van der Waals surface area contributed by atoms with Crippen LogP contribution in [0, 0.1) is 22.7 Å². The minimum Gasteiger partial charge on any atom is -0.198 e. The molecule has 1 nitrogen and oxygen atoms in total. The Labute approximate surface area is 221 Å². The summed E-state index contributed by atoms with van der Waals surface area (Å²) in [5.74, 6) is 2.36. The molecule has 0 bridgehead atoms. The van der Waals surface area contributed by atoms with Gasteiger partial charge in [-0.25, -0.2) is 0 Å². The van der Waals surface area contributed by atoms with Gasteiger partial charge in [-0.1, -0.05) is 107 Å². The standard InChI is InChI=1S/C35H49N/c1-3-5-7-9-28-10-12-29(13-11-28)30-14-16-31(17-15-30)32-18-20-33(21-19-32)34-22-25-35(27-36,26-23-34)24-8-6-4-2/h14-21,28-29,34H,3-13,22-26H2,1-2H3/t28-,29-,34-,35-. The fourth-order valence-corrected chi connectivity index (χ4v) is 7.00. The molecule has 0 spiro atoms. The van der Waals surface area contributed by atoms with Gasteiger partial charge in [-0.15, -0.1) is 0 Å². The highest BCUT2D eigenvalue weighted by Crippen LogP contribution is 2.46. The van der Waals surface area contributed by atoms with Gasteiger partial charge in [-0.3, -0.25) is 0 Å². The molecule has 2 saturated carbocycles. The maximum Gasteiger partial charge on any atom is 0.0689 e. The van der Waals surface area contributed by atoms with Crippen molar-refractivity contribution >= 4 is 0 Å². The van der Waals surface area contributed by atoms with Crippen molar-refractivity contribution in [1.29, 1.82) is 5.26 Å². The Morgan fingerprint density at radius 2 is 1.17 bits per heavy atom. The molecule has 194 valence electrons. The predicted molar refractivity (Wildman–Crippen MR) is 154 cm³/mol. The molecule has 0 heterocycles. The summed E-state index contributed by atoms with van der Waals surface area (Å²) >= 11 is 0. The lowest BCUT2D eigenvalue weighted by Crippen LogP contribution is -2.25. The summed E-state index contributed by atoms with van der Waals surface area (Å²) in [6, 6.07) is 21.5. The van der Waals surface area contributed by atoms with E-state index in [0.29, 0.717) is 5.92 Å². The van der Waals surface area contributed by atoms with Gasteiger partial charge in [0.15, 0.2) is 0 Å². The fourth-order valence-electron chi connectivity index (χ4n) is 7.00. The van der Waals surface area contributed by atoms with Gasteiger partial charge in [0.25, 0.3) is 0 Å². The average Bonchev–Trinajstić information content (AvgIpc) is 2.94. The van der Waals surface area contributed by atoms with Crippen LogP contribution in [0.15, 0.2) is 48.5 Å². The first kappa shape index (κ1) is 27.0. The van der Waals surface area contributed by atoms with Crippen LogP contribution in [0.4, 0.5) is 0 Å². The third kappa shape index (κ3) is 7.03. The highest BCUT2D eigenvalue weighted by Gasteiger charge is 2.35. The van der Waals surface area contributed by atoms with Gasteiger partial charge in [-0.05, 0) is 97.8 Å². The number of rotatable bonds is 11. The van der Waals surface area contributed by atoms with Gasteiger partial charge in [0.1, 0.15) is 0 Å². The van der Waals surface area contributed by atoms with Crippen molar-refractivity contribution in [3.63, 3.8) is 0 Å².